The zero-order valence-electron chi connectivity index (χ0n) is 6.67. The fourth-order valence-electron chi connectivity index (χ4n) is 0.832. The van der Waals surface area contributed by atoms with E-state index in [1.807, 2.05) is 0 Å². The average molecular weight is 296 g/mol. The Labute approximate surface area is 87.7 Å². The summed E-state index contributed by atoms with van der Waals surface area (Å²) >= 11 is 1.73. The number of carbonyl (C=O) groups is 1. The number of rotatable bonds is 1. The molecule has 0 unspecified atom stereocenters. The summed E-state index contributed by atoms with van der Waals surface area (Å²) in [7, 11) is 1.17. The van der Waals surface area contributed by atoms with Crippen molar-refractivity contribution in [3.05, 3.63) is 27.1 Å². The number of methoxy groups -OCH3 is 1. The lowest BCUT2D eigenvalue weighted by atomic mass is 10.2. The van der Waals surface area contributed by atoms with Crippen LogP contribution in [-0.2, 0) is 4.74 Å². The van der Waals surface area contributed by atoms with E-state index in [0.29, 0.717) is 0 Å². The van der Waals surface area contributed by atoms with Gasteiger partial charge in [0.15, 0.2) is 0 Å². The summed E-state index contributed by atoms with van der Waals surface area (Å²) in [5, 5.41) is 9.35. The van der Waals surface area contributed by atoms with Crippen molar-refractivity contribution in [3.63, 3.8) is 0 Å². The molecule has 0 aromatic heterocycles. The largest absolute Gasteiger partial charge is 0.506 e. The normalized spacial score (nSPS) is 9.77. The van der Waals surface area contributed by atoms with E-state index in [2.05, 4.69) is 4.74 Å². The zero-order valence-corrected chi connectivity index (χ0v) is 8.83. The van der Waals surface area contributed by atoms with Crippen LogP contribution < -0.4 is 0 Å². The van der Waals surface area contributed by atoms with Crippen molar-refractivity contribution in [1.29, 1.82) is 0 Å². The summed E-state index contributed by atoms with van der Waals surface area (Å²) in [4.78, 5) is 11.0. The first-order chi connectivity index (χ1) is 6.06. The maximum Gasteiger partial charge on any atom is 0.341 e. The number of hydrogen-bond donors (Lipinski definition) is 1. The maximum absolute atomic E-state index is 12.8. The minimum Gasteiger partial charge on any atom is -0.506 e. The Hall–Kier alpha value is -0.850. The highest BCUT2D eigenvalue weighted by molar-refractivity contribution is 14.1. The van der Waals surface area contributed by atoms with Gasteiger partial charge in [0, 0.05) is 0 Å². The monoisotopic (exact) mass is 296 g/mol. The lowest BCUT2D eigenvalue weighted by Gasteiger charge is -2.04. The molecule has 0 atom stereocenters. The lowest BCUT2D eigenvalue weighted by Crippen LogP contribution is -2.03. The summed E-state index contributed by atoms with van der Waals surface area (Å²) < 4.78 is 17.4. The molecular weight excluding hydrogens is 290 g/mol. The third kappa shape index (κ3) is 2.09. The predicted molar refractivity (Wildman–Crippen MR) is 52.1 cm³/mol. The number of esters is 1. The summed E-state index contributed by atoms with van der Waals surface area (Å²) in [5.74, 6) is -1.59. The summed E-state index contributed by atoms with van der Waals surface area (Å²) in [6.45, 7) is 0. The molecule has 5 heteroatoms. The van der Waals surface area contributed by atoms with Gasteiger partial charge in [-0.05, 0) is 34.7 Å². The highest BCUT2D eigenvalue weighted by Crippen LogP contribution is 2.25. The van der Waals surface area contributed by atoms with Gasteiger partial charge in [-0.3, -0.25) is 0 Å². The van der Waals surface area contributed by atoms with Crippen molar-refractivity contribution in [2.75, 3.05) is 7.11 Å². The molecule has 0 bridgehead atoms. The smallest absolute Gasteiger partial charge is 0.341 e. The predicted octanol–water partition coefficient (Wildman–Crippen LogP) is 1.92. The summed E-state index contributed by atoms with van der Waals surface area (Å²) in [6, 6.07) is 2.06. The third-order valence-corrected chi connectivity index (χ3v) is 2.26. The molecule has 0 heterocycles. The summed E-state index contributed by atoms with van der Waals surface area (Å²) in [5.41, 5.74) is -0.160. The molecule has 0 aliphatic carbocycles. The molecule has 0 saturated carbocycles. The van der Waals surface area contributed by atoms with Crippen LogP contribution in [-0.4, -0.2) is 18.2 Å². The Balaban J connectivity index is 3.28. The zero-order chi connectivity index (χ0) is 10.0. The van der Waals surface area contributed by atoms with Crippen LogP contribution >= 0.6 is 22.6 Å². The molecule has 1 aromatic carbocycles. The van der Waals surface area contributed by atoms with E-state index < -0.39 is 11.8 Å². The van der Waals surface area contributed by atoms with Crippen molar-refractivity contribution in [1.82, 2.24) is 0 Å². The van der Waals surface area contributed by atoms with Gasteiger partial charge in [-0.1, -0.05) is 0 Å². The number of carbonyl (C=O) groups excluding carboxylic acids is 1. The topological polar surface area (TPSA) is 46.5 Å². The van der Waals surface area contributed by atoms with Gasteiger partial charge in [-0.15, -0.1) is 0 Å². The Kier molecular flexibility index (Phi) is 3.07. The molecule has 0 saturated heterocycles. The number of hydrogen-bond acceptors (Lipinski definition) is 3. The Morgan fingerprint density at radius 1 is 1.62 bits per heavy atom. The number of ether oxygens (including phenoxy) is 1. The molecule has 0 amide bonds. The Bertz CT molecular complexity index is 351. The van der Waals surface area contributed by atoms with E-state index in [-0.39, 0.29) is 14.9 Å². The van der Waals surface area contributed by atoms with Crippen LogP contribution in [0.1, 0.15) is 10.4 Å². The molecule has 0 aliphatic heterocycles. The fraction of sp³-hybridized carbons (Fsp3) is 0.125. The lowest BCUT2D eigenvalue weighted by molar-refractivity contribution is 0.0596. The van der Waals surface area contributed by atoms with Crippen molar-refractivity contribution in [2.24, 2.45) is 0 Å². The molecular formula is C8H6FIO3. The van der Waals surface area contributed by atoms with E-state index in [4.69, 9.17) is 0 Å². The van der Waals surface area contributed by atoms with Crippen LogP contribution in [0.15, 0.2) is 12.1 Å². The molecule has 0 spiro atoms. The van der Waals surface area contributed by atoms with Crippen LogP contribution in [0.3, 0.4) is 0 Å². The van der Waals surface area contributed by atoms with Gasteiger partial charge in [0.2, 0.25) is 0 Å². The average Bonchev–Trinajstić information content (AvgIpc) is 2.10. The molecule has 70 valence electrons. The standard InChI is InChI=1S/C8H6FIO3/c1-13-8(12)5-2-4(9)3-6(10)7(5)11/h2-3,11H,1H3. The second-order valence-electron chi connectivity index (χ2n) is 2.28. The second-order valence-corrected chi connectivity index (χ2v) is 3.44. The van der Waals surface area contributed by atoms with E-state index in [9.17, 15) is 14.3 Å². The van der Waals surface area contributed by atoms with Crippen LogP contribution in [0, 0.1) is 9.39 Å². The molecule has 3 nitrogen and oxygen atoms in total. The molecule has 0 aliphatic rings. The minimum atomic E-state index is -0.755. The van der Waals surface area contributed by atoms with Crippen molar-refractivity contribution in [2.45, 2.75) is 0 Å². The van der Waals surface area contributed by atoms with Crippen LogP contribution in [0.25, 0.3) is 0 Å². The van der Waals surface area contributed by atoms with Crippen molar-refractivity contribution >= 4 is 28.6 Å². The summed E-state index contributed by atoms with van der Waals surface area (Å²) in [6.07, 6.45) is 0. The van der Waals surface area contributed by atoms with E-state index in [1.165, 1.54) is 7.11 Å². The first-order valence-electron chi connectivity index (χ1n) is 3.32. The highest BCUT2D eigenvalue weighted by Gasteiger charge is 2.15. The quantitative estimate of drug-likeness (QED) is 0.636. The Morgan fingerprint density at radius 2 is 2.23 bits per heavy atom. The van der Waals surface area contributed by atoms with Crippen molar-refractivity contribution in [3.8, 4) is 5.75 Å². The van der Waals surface area contributed by atoms with E-state index in [1.54, 1.807) is 22.6 Å². The number of benzene rings is 1. The van der Waals surface area contributed by atoms with Gasteiger partial charge in [-0.25, -0.2) is 9.18 Å². The van der Waals surface area contributed by atoms with Gasteiger partial charge >= 0.3 is 5.97 Å². The van der Waals surface area contributed by atoms with E-state index in [0.717, 1.165) is 12.1 Å². The van der Waals surface area contributed by atoms with Crippen molar-refractivity contribution < 1.29 is 19.0 Å². The van der Waals surface area contributed by atoms with Gasteiger partial charge in [0.1, 0.15) is 17.1 Å². The van der Waals surface area contributed by atoms with Gasteiger partial charge < -0.3 is 9.84 Å². The molecule has 1 rings (SSSR count). The first-order valence-corrected chi connectivity index (χ1v) is 4.40. The van der Waals surface area contributed by atoms with Gasteiger partial charge in [0.25, 0.3) is 0 Å². The molecule has 0 radical (unpaired) electrons. The number of phenols is 1. The highest BCUT2D eigenvalue weighted by atomic mass is 127. The fourth-order valence-corrected chi connectivity index (χ4v) is 1.42. The molecule has 1 aromatic rings. The minimum absolute atomic E-state index is 0.160. The Morgan fingerprint density at radius 3 is 2.77 bits per heavy atom. The van der Waals surface area contributed by atoms with Gasteiger partial charge in [-0.2, -0.15) is 0 Å². The number of phenolic OH excluding ortho intramolecular Hbond substituents is 1. The second kappa shape index (κ2) is 3.91. The maximum atomic E-state index is 12.8. The molecule has 0 fully saturated rings. The SMILES string of the molecule is COC(=O)c1cc(F)cc(I)c1O. The number of aromatic hydroxyl groups is 1. The van der Waals surface area contributed by atoms with Gasteiger partial charge in [0.05, 0.1) is 10.7 Å². The molecule has 1 N–H and O–H groups in total. The molecule has 13 heavy (non-hydrogen) atoms. The van der Waals surface area contributed by atoms with E-state index >= 15 is 0 Å². The third-order valence-electron chi connectivity index (χ3n) is 1.43. The van der Waals surface area contributed by atoms with Crippen LogP contribution in [0.5, 0.6) is 5.75 Å². The van der Waals surface area contributed by atoms with Crippen LogP contribution in [0.2, 0.25) is 0 Å². The first kappa shape index (κ1) is 10.2. The number of halogens is 2. The van der Waals surface area contributed by atoms with Crippen LogP contribution in [0.4, 0.5) is 4.39 Å².